The van der Waals surface area contributed by atoms with Crippen LogP contribution in [0.4, 0.5) is 0 Å². The van der Waals surface area contributed by atoms with E-state index in [0.717, 1.165) is 11.1 Å². The molecule has 0 amide bonds. The number of rotatable bonds is 1. The fourth-order valence-electron chi connectivity index (χ4n) is 1.49. The topological polar surface area (TPSA) is 44.9 Å². The van der Waals surface area contributed by atoms with E-state index in [1.807, 2.05) is 19.2 Å². The Labute approximate surface area is 93.5 Å². The molecule has 80 valence electrons. The van der Waals surface area contributed by atoms with Crippen LogP contribution in [-0.4, -0.2) is 18.6 Å². The van der Waals surface area contributed by atoms with Gasteiger partial charge in [0.05, 0.1) is 12.1 Å². The normalized spacial score (nSPS) is 9.81. The van der Waals surface area contributed by atoms with Crippen molar-refractivity contribution in [1.82, 2.24) is 10.3 Å². The van der Waals surface area contributed by atoms with E-state index >= 15 is 0 Å². The molecule has 0 saturated heterocycles. The number of fused-ring (bicyclic) bond motifs is 1. The molecule has 0 aliphatic rings. The Kier molecular flexibility index (Phi) is 3.04. The van der Waals surface area contributed by atoms with Gasteiger partial charge in [-0.3, -0.25) is 4.79 Å². The SMILES string of the molecule is CNCC#Cc1ccc2c(=O)cc[nH]c2c1. The number of aromatic amines is 1. The molecule has 2 aromatic rings. The van der Waals surface area contributed by atoms with Crippen LogP contribution in [0.1, 0.15) is 5.56 Å². The molecule has 1 aromatic carbocycles. The van der Waals surface area contributed by atoms with Gasteiger partial charge in [0.25, 0.3) is 0 Å². The lowest BCUT2D eigenvalue weighted by Gasteiger charge is -1.97. The number of pyridine rings is 1. The highest BCUT2D eigenvalue weighted by Crippen LogP contribution is 2.08. The molecule has 16 heavy (non-hydrogen) atoms. The molecule has 0 spiro atoms. The zero-order valence-electron chi connectivity index (χ0n) is 9.00. The van der Waals surface area contributed by atoms with E-state index in [1.165, 1.54) is 6.07 Å². The van der Waals surface area contributed by atoms with Crippen molar-refractivity contribution in [3.8, 4) is 11.8 Å². The Morgan fingerprint density at radius 2 is 2.25 bits per heavy atom. The van der Waals surface area contributed by atoms with Crippen molar-refractivity contribution in [2.24, 2.45) is 0 Å². The van der Waals surface area contributed by atoms with Crippen LogP contribution in [0.2, 0.25) is 0 Å². The van der Waals surface area contributed by atoms with Crippen LogP contribution in [-0.2, 0) is 0 Å². The summed E-state index contributed by atoms with van der Waals surface area (Å²) in [5.41, 5.74) is 1.76. The average Bonchev–Trinajstić information content (AvgIpc) is 2.30. The number of hydrogen-bond acceptors (Lipinski definition) is 2. The van der Waals surface area contributed by atoms with Crippen molar-refractivity contribution in [3.63, 3.8) is 0 Å². The third-order valence-corrected chi connectivity index (χ3v) is 2.26. The van der Waals surface area contributed by atoms with Gasteiger partial charge in [0.15, 0.2) is 5.43 Å². The molecule has 2 N–H and O–H groups in total. The van der Waals surface area contributed by atoms with Crippen molar-refractivity contribution in [2.75, 3.05) is 13.6 Å². The number of benzene rings is 1. The lowest BCUT2D eigenvalue weighted by Crippen LogP contribution is -2.04. The zero-order valence-corrected chi connectivity index (χ0v) is 9.00. The molecule has 1 aromatic heterocycles. The van der Waals surface area contributed by atoms with E-state index in [1.54, 1.807) is 12.3 Å². The van der Waals surface area contributed by atoms with Gasteiger partial charge in [-0.25, -0.2) is 0 Å². The average molecular weight is 212 g/mol. The third-order valence-electron chi connectivity index (χ3n) is 2.26. The number of aromatic nitrogens is 1. The van der Waals surface area contributed by atoms with Crippen molar-refractivity contribution in [1.29, 1.82) is 0 Å². The molecule has 0 unspecified atom stereocenters. The van der Waals surface area contributed by atoms with Gasteiger partial charge in [-0.05, 0) is 25.2 Å². The predicted octanol–water partition coefficient (Wildman–Crippen LogP) is 1.10. The van der Waals surface area contributed by atoms with Gasteiger partial charge in [0.2, 0.25) is 0 Å². The molecule has 0 fully saturated rings. The quantitative estimate of drug-likeness (QED) is 0.695. The molecule has 2 rings (SSSR count). The molecular weight excluding hydrogens is 200 g/mol. The predicted molar refractivity (Wildman–Crippen MR) is 65.4 cm³/mol. The van der Waals surface area contributed by atoms with E-state index < -0.39 is 0 Å². The van der Waals surface area contributed by atoms with Gasteiger partial charge in [0.1, 0.15) is 0 Å². The maximum Gasteiger partial charge on any atom is 0.189 e. The summed E-state index contributed by atoms with van der Waals surface area (Å²) in [5, 5.41) is 3.65. The minimum atomic E-state index is 0.0310. The van der Waals surface area contributed by atoms with Gasteiger partial charge in [0, 0.05) is 23.2 Å². The second-order valence-electron chi connectivity index (χ2n) is 3.43. The Hall–Kier alpha value is -2.05. The van der Waals surface area contributed by atoms with Crippen molar-refractivity contribution >= 4 is 10.9 Å². The fraction of sp³-hybridized carbons (Fsp3) is 0.154. The van der Waals surface area contributed by atoms with E-state index in [4.69, 9.17) is 0 Å². The number of nitrogens with one attached hydrogen (secondary N) is 2. The Morgan fingerprint density at radius 3 is 3.06 bits per heavy atom. The van der Waals surface area contributed by atoms with Gasteiger partial charge in [-0.1, -0.05) is 11.8 Å². The van der Waals surface area contributed by atoms with E-state index in [2.05, 4.69) is 22.1 Å². The summed E-state index contributed by atoms with van der Waals surface area (Å²) in [6.45, 7) is 0.656. The van der Waals surface area contributed by atoms with Crippen LogP contribution in [0.3, 0.4) is 0 Å². The molecule has 0 bridgehead atoms. The van der Waals surface area contributed by atoms with Crippen LogP contribution in [0.5, 0.6) is 0 Å². The number of hydrogen-bond donors (Lipinski definition) is 2. The van der Waals surface area contributed by atoms with Crippen LogP contribution < -0.4 is 10.7 Å². The lowest BCUT2D eigenvalue weighted by atomic mass is 10.1. The Morgan fingerprint density at radius 1 is 1.38 bits per heavy atom. The second kappa shape index (κ2) is 4.65. The maximum absolute atomic E-state index is 11.5. The summed E-state index contributed by atoms with van der Waals surface area (Å²) >= 11 is 0. The summed E-state index contributed by atoms with van der Waals surface area (Å²) in [4.78, 5) is 14.5. The van der Waals surface area contributed by atoms with Gasteiger partial charge >= 0.3 is 0 Å². The molecule has 0 atom stereocenters. The fourth-order valence-corrected chi connectivity index (χ4v) is 1.49. The lowest BCUT2D eigenvalue weighted by molar-refractivity contribution is 0.938. The van der Waals surface area contributed by atoms with Crippen LogP contribution >= 0.6 is 0 Å². The molecule has 0 radical (unpaired) electrons. The standard InChI is InChI=1S/C13H12N2O/c1-14-7-2-3-10-4-5-11-12(9-10)15-8-6-13(11)16/h4-6,8-9,14H,7H2,1H3,(H,15,16). The van der Waals surface area contributed by atoms with Crippen LogP contribution in [0, 0.1) is 11.8 Å². The molecule has 3 nitrogen and oxygen atoms in total. The highest BCUT2D eigenvalue weighted by atomic mass is 16.1. The van der Waals surface area contributed by atoms with E-state index in [0.29, 0.717) is 11.9 Å². The minimum Gasteiger partial charge on any atom is -0.361 e. The van der Waals surface area contributed by atoms with Crippen molar-refractivity contribution in [2.45, 2.75) is 0 Å². The first kappa shape index (κ1) is 10.5. The largest absolute Gasteiger partial charge is 0.361 e. The first-order chi connectivity index (χ1) is 7.81. The van der Waals surface area contributed by atoms with Crippen molar-refractivity contribution < 1.29 is 0 Å². The third kappa shape index (κ3) is 2.13. The minimum absolute atomic E-state index is 0.0310. The van der Waals surface area contributed by atoms with Crippen LogP contribution in [0.15, 0.2) is 35.3 Å². The highest BCUT2D eigenvalue weighted by Gasteiger charge is 1.97. The zero-order chi connectivity index (χ0) is 11.4. The Bertz CT molecular complexity index is 617. The second-order valence-corrected chi connectivity index (χ2v) is 3.43. The van der Waals surface area contributed by atoms with Gasteiger partial charge < -0.3 is 10.3 Å². The Balaban J connectivity index is 2.46. The van der Waals surface area contributed by atoms with Gasteiger partial charge in [-0.2, -0.15) is 0 Å². The van der Waals surface area contributed by atoms with E-state index in [9.17, 15) is 4.79 Å². The summed E-state index contributed by atoms with van der Waals surface area (Å²) < 4.78 is 0. The molecule has 3 heteroatoms. The summed E-state index contributed by atoms with van der Waals surface area (Å²) in [6, 6.07) is 7.08. The number of H-pyrrole nitrogens is 1. The monoisotopic (exact) mass is 212 g/mol. The molecule has 1 heterocycles. The van der Waals surface area contributed by atoms with Crippen LogP contribution in [0.25, 0.3) is 10.9 Å². The molecule has 0 aliphatic heterocycles. The van der Waals surface area contributed by atoms with Crippen molar-refractivity contribution in [3.05, 3.63) is 46.2 Å². The molecule has 0 aliphatic carbocycles. The summed E-state index contributed by atoms with van der Waals surface area (Å²) in [5.74, 6) is 6.00. The van der Waals surface area contributed by atoms with E-state index in [-0.39, 0.29) is 5.43 Å². The first-order valence-corrected chi connectivity index (χ1v) is 5.06. The molecular formula is C13H12N2O. The smallest absolute Gasteiger partial charge is 0.189 e. The highest BCUT2D eigenvalue weighted by molar-refractivity contribution is 5.79. The summed E-state index contributed by atoms with van der Waals surface area (Å²) in [6.07, 6.45) is 1.65. The van der Waals surface area contributed by atoms with Gasteiger partial charge in [-0.15, -0.1) is 0 Å². The maximum atomic E-state index is 11.5. The first-order valence-electron chi connectivity index (χ1n) is 5.06. The molecule has 0 saturated carbocycles. The summed E-state index contributed by atoms with van der Waals surface area (Å²) in [7, 11) is 1.85.